The van der Waals surface area contributed by atoms with Crippen LogP contribution in [0.3, 0.4) is 0 Å². The number of alkyl halides is 1. The average molecular weight is 242 g/mol. The Morgan fingerprint density at radius 3 is 2.75 bits per heavy atom. The first-order chi connectivity index (χ1) is 7.63. The second kappa shape index (κ2) is 6.77. The fraction of sp³-hybridized carbons (Fsp3) is 0.538. The predicted molar refractivity (Wildman–Crippen MR) is 69.2 cm³/mol. The first kappa shape index (κ1) is 13.3. The summed E-state index contributed by atoms with van der Waals surface area (Å²) >= 11 is 6.15. The summed E-state index contributed by atoms with van der Waals surface area (Å²) in [5.41, 5.74) is 1.21. The molecule has 90 valence electrons. The van der Waals surface area contributed by atoms with E-state index < -0.39 is 0 Å². The van der Waals surface area contributed by atoms with Crippen LogP contribution in [0.2, 0.25) is 0 Å². The summed E-state index contributed by atoms with van der Waals surface area (Å²) in [4.78, 5) is 0. The maximum atomic E-state index is 6.15. The number of nitrogens with one attached hydrogen (secondary N) is 1. The molecule has 2 nitrogen and oxygen atoms in total. The molecule has 0 bridgehead atoms. The Balaban J connectivity index is 2.37. The SMILES string of the molecule is COc1cccc(CNCC(Cl)C(C)C)c1. The summed E-state index contributed by atoms with van der Waals surface area (Å²) in [6.45, 7) is 5.92. The lowest BCUT2D eigenvalue weighted by molar-refractivity contribution is 0.414. The second-order valence-corrected chi connectivity index (χ2v) is 4.80. The number of rotatable bonds is 6. The zero-order valence-corrected chi connectivity index (χ0v) is 10.9. The van der Waals surface area contributed by atoms with Crippen LogP contribution in [0.4, 0.5) is 0 Å². The molecule has 0 saturated heterocycles. The van der Waals surface area contributed by atoms with Crippen LogP contribution < -0.4 is 10.1 Å². The highest BCUT2D eigenvalue weighted by Gasteiger charge is 2.08. The largest absolute Gasteiger partial charge is 0.497 e. The summed E-state index contributed by atoms with van der Waals surface area (Å²) < 4.78 is 5.17. The lowest BCUT2D eigenvalue weighted by Crippen LogP contribution is -2.26. The third-order valence-corrected chi connectivity index (χ3v) is 3.18. The molecule has 0 aromatic heterocycles. The summed E-state index contributed by atoms with van der Waals surface area (Å²) in [6, 6.07) is 8.05. The number of halogens is 1. The molecule has 1 aromatic carbocycles. The van der Waals surface area contributed by atoms with Crippen LogP contribution in [0.5, 0.6) is 5.75 Å². The van der Waals surface area contributed by atoms with Crippen molar-refractivity contribution in [2.45, 2.75) is 25.8 Å². The standard InChI is InChI=1S/C13H20ClNO/c1-10(2)13(14)9-15-8-11-5-4-6-12(7-11)16-3/h4-7,10,13,15H,8-9H2,1-3H3. The Bertz CT molecular complexity index is 315. The molecule has 0 saturated carbocycles. The Hall–Kier alpha value is -0.730. The van der Waals surface area contributed by atoms with Crippen molar-refractivity contribution in [2.75, 3.05) is 13.7 Å². The van der Waals surface area contributed by atoms with Gasteiger partial charge in [0, 0.05) is 18.5 Å². The lowest BCUT2D eigenvalue weighted by Gasteiger charge is -2.14. The minimum Gasteiger partial charge on any atom is -0.497 e. The van der Waals surface area contributed by atoms with Crippen LogP contribution in [-0.4, -0.2) is 19.0 Å². The Labute approximate surface area is 103 Å². The van der Waals surface area contributed by atoms with Gasteiger partial charge in [-0.15, -0.1) is 11.6 Å². The molecular formula is C13H20ClNO. The van der Waals surface area contributed by atoms with E-state index in [0.29, 0.717) is 5.92 Å². The van der Waals surface area contributed by atoms with Crippen molar-refractivity contribution in [3.05, 3.63) is 29.8 Å². The number of methoxy groups -OCH3 is 1. The van der Waals surface area contributed by atoms with Crippen LogP contribution in [0.1, 0.15) is 19.4 Å². The van der Waals surface area contributed by atoms with Gasteiger partial charge in [-0.2, -0.15) is 0 Å². The average Bonchev–Trinajstić information content (AvgIpc) is 2.29. The summed E-state index contributed by atoms with van der Waals surface area (Å²) in [7, 11) is 1.68. The molecule has 0 heterocycles. The van der Waals surface area contributed by atoms with Gasteiger partial charge in [0.05, 0.1) is 7.11 Å². The molecule has 1 N–H and O–H groups in total. The normalized spacial score (nSPS) is 12.8. The Kier molecular flexibility index (Phi) is 5.64. The van der Waals surface area contributed by atoms with E-state index in [2.05, 4.69) is 25.2 Å². The molecule has 0 aliphatic carbocycles. The number of ether oxygens (including phenoxy) is 1. The highest BCUT2D eigenvalue weighted by Crippen LogP contribution is 2.12. The molecule has 0 aliphatic rings. The Morgan fingerprint density at radius 1 is 1.38 bits per heavy atom. The third kappa shape index (κ3) is 4.42. The summed E-state index contributed by atoms with van der Waals surface area (Å²) in [5, 5.41) is 3.53. The van der Waals surface area contributed by atoms with Gasteiger partial charge < -0.3 is 10.1 Å². The molecule has 16 heavy (non-hydrogen) atoms. The van der Waals surface area contributed by atoms with Crippen LogP contribution >= 0.6 is 11.6 Å². The minimum atomic E-state index is 0.186. The fourth-order valence-corrected chi connectivity index (χ4v) is 1.48. The van der Waals surface area contributed by atoms with Crippen LogP contribution in [0.25, 0.3) is 0 Å². The molecule has 3 heteroatoms. The van der Waals surface area contributed by atoms with Gasteiger partial charge in [-0.1, -0.05) is 26.0 Å². The van der Waals surface area contributed by atoms with Gasteiger partial charge in [-0.25, -0.2) is 0 Å². The predicted octanol–water partition coefficient (Wildman–Crippen LogP) is 3.05. The molecule has 0 spiro atoms. The van der Waals surface area contributed by atoms with Gasteiger partial charge in [0.25, 0.3) is 0 Å². The van der Waals surface area contributed by atoms with E-state index in [9.17, 15) is 0 Å². The number of benzene rings is 1. The quantitative estimate of drug-likeness (QED) is 0.773. The van der Waals surface area contributed by atoms with Gasteiger partial charge in [-0.05, 0) is 23.6 Å². The van der Waals surface area contributed by atoms with Crippen molar-refractivity contribution >= 4 is 11.6 Å². The topological polar surface area (TPSA) is 21.3 Å². The van der Waals surface area contributed by atoms with Gasteiger partial charge >= 0.3 is 0 Å². The highest BCUT2D eigenvalue weighted by molar-refractivity contribution is 6.20. The maximum Gasteiger partial charge on any atom is 0.119 e. The first-order valence-corrected chi connectivity index (χ1v) is 6.05. The number of hydrogen-bond acceptors (Lipinski definition) is 2. The minimum absolute atomic E-state index is 0.186. The molecule has 0 fully saturated rings. The zero-order chi connectivity index (χ0) is 12.0. The van der Waals surface area contributed by atoms with Crippen LogP contribution in [-0.2, 0) is 6.54 Å². The summed E-state index contributed by atoms with van der Waals surface area (Å²) in [6.07, 6.45) is 0. The molecule has 1 atom stereocenters. The third-order valence-electron chi connectivity index (χ3n) is 2.53. The van der Waals surface area contributed by atoms with Crippen molar-refractivity contribution in [1.29, 1.82) is 0 Å². The smallest absolute Gasteiger partial charge is 0.119 e. The molecule has 0 radical (unpaired) electrons. The number of hydrogen-bond donors (Lipinski definition) is 1. The summed E-state index contributed by atoms with van der Waals surface area (Å²) in [5.74, 6) is 1.39. The van der Waals surface area contributed by atoms with Crippen molar-refractivity contribution < 1.29 is 4.74 Å². The van der Waals surface area contributed by atoms with E-state index in [1.807, 2.05) is 18.2 Å². The van der Waals surface area contributed by atoms with Crippen LogP contribution in [0.15, 0.2) is 24.3 Å². The molecule has 1 unspecified atom stereocenters. The van der Waals surface area contributed by atoms with Gasteiger partial charge in [-0.3, -0.25) is 0 Å². The van der Waals surface area contributed by atoms with Crippen molar-refractivity contribution in [1.82, 2.24) is 5.32 Å². The van der Waals surface area contributed by atoms with E-state index in [4.69, 9.17) is 16.3 Å². The molecule has 1 rings (SSSR count). The zero-order valence-electron chi connectivity index (χ0n) is 10.2. The van der Waals surface area contributed by atoms with E-state index in [1.54, 1.807) is 7.11 Å². The fourth-order valence-electron chi connectivity index (χ4n) is 1.37. The second-order valence-electron chi connectivity index (χ2n) is 4.24. The maximum absolute atomic E-state index is 6.15. The van der Waals surface area contributed by atoms with Crippen molar-refractivity contribution in [2.24, 2.45) is 5.92 Å². The van der Waals surface area contributed by atoms with Crippen molar-refractivity contribution in [3.63, 3.8) is 0 Å². The molecule has 0 amide bonds. The van der Waals surface area contributed by atoms with E-state index in [1.165, 1.54) is 5.56 Å². The first-order valence-electron chi connectivity index (χ1n) is 5.61. The van der Waals surface area contributed by atoms with Gasteiger partial charge in [0.2, 0.25) is 0 Å². The van der Waals surface area contributed by atoms with Crippen molar-refractivity contribution in [3.8, 4) is 5.75 Å². The monoisotopic (exact) mass is 241 g/mol. The molecular weight excluding hydrogens is 222 g/mol. The molecule has 0 aliphatic heterocycles. The Morgan fingerprint density at radius 2 is 2.12 bits per heavy atom. The lowest BCUT2D eigenvalue weighted by atomic mass is 10.1. The van der Waals surface area contributed by atoms with Gasteiger partial charge in [0.15, 0.2) is 0 Å². The molecule has 1 aromatic rings. The van der Waals surface area contributed by atoms with E-state index >= 15 is 0 Å². The highest BCUT2D eigenvalue weighted by atomic mass is 35.5. The van der Waals surface area contributed by atoms with E-state index in [-0.39, 0.29) is 5.38 Å². The van der Waals surface area contributed by atoms with E-state index in [0.717, 1.165) is 18.8 Å². The van der Waals surface area contributed by atoms with Crippen LogP contribution in [0, 0.1) is 5.92 Å². The van der Waals surface area contributed by atoms with Gasteiger partial charge in [0.1, 0.15) is 5.75 Å².